The molecule has 7 heteroatoms. The summed E-state index contributed by atoms with van der Waals surface area (Å²) in [4.78, 5) is 37.5. The number of hydrogen-bond acceptors (Lipinski definition) is 4. The predicted molar refractivity (Wildman–Crippen MR) is 72.1 cm³/mol. The third-order valence-electron chi connectivity index (χ3n) is 2.20. The Kier molecular flexibility index (Phi) is 4.90. The monoisotopic (exact) mass is 281 g/mol. The number of esters is 1. The lowest BCUT2D eigenvalue weighted by molar-refractivity contribution is -0.127. The fraction of sp³-hybridized carbons (Fsp3) is 0.462. The molecule has 1 rings (SSSR count). The first kappa shape index (κ1) is 15.7. The zero-order valence-electron chi connectivity index (χ0n) is 11.9. The van der Waals surface area contributed by atoms with Crippen LogP contribution in [-0.2, 0) is 9.53 Å². The van der Waals surface area contributed by atoms with Crippen molar-refractivity contribution < 1.29 is 19.1 Å². The van der Waals surface area contributed by atoms with Gasteiger partial charge in [-0.1, -0.05) is 0 Å². The minimum Gasteiger partial charge on any atom is -0.448 e. The molecule has 0 radical (unpaired) electrons. The molecule has 7 nitrogen and oxygen atoms in total. The van der Waals surface area contributed by atoms with Crippen molar-refractivity contribution in [1.29, 1.82) is 0 Å². The fourth-order valence-corrected chi connectivity index (χ4v) is 1.32. The first-order chi connectivity index (χ1) is 9.19. The Labute approximate surface area is 117 Å². The lowest BCUT2D eigenvalue weighted by Gasteiger charge is -2.21. The molecule has 0 saturated carbocycles. The maximum Gasteiger partial charge on any atom is 0.355 e. The Morgan fingerprint density at radius 3 is 2.45 bits per heavy atom. The summed E-state index contributed by atoms with van der Waals surface area (Å²) >= 11 is 0. The Hall–Kier alpha value is -2.31. The van der Waals surface area contributed by atoms with Gasteiger partial charge in [0, 0.05) is 11.7 Å². The van der Waals surface area contributed by atoms with E-state index in [1.165, 1.54) is 13.0 Å². The average Bonchev–Trinajstić information content (AvgIpc) is 2.79. The van der Waals surface area contributed by atoms with Gasteiger partial charge in [-0.05, 0) is 39.8 Å². The Morgan fingerprint density at radius 1 is 1.30 bits per heavy atom. The van der Waals surface area contributed by atoms with Gasteiger partial charge in [0.2, 0.25) is 0 Å². The van der Waals surface area contributed by atoms with Gasteiger partial charge in [0.25, 0.3) is 5.91 Å². The second kappa shape index (κ2) is 6.23. The van der Waals surface area contributed by atoms with Crippen molar-refractivity contribution in [1.82, 2.24) is 15.6 Å². The van der Waals surface area contributed by atoms with Gasteiger partial charge in [0.05, 0.1) is 0 Å². The maximum atomic E-state index is 11.7. The molecule has 3 amide bonds. The standard InChI is InChI=1S/C13H19N3O4/c1-8(20-11(18)9-6-5-7-14-9)10(17)15-12(19)16-13(2,3)4/h5-8,14H,1-4H3,(H2,15,16,17,19)/t8-/m1/s1. The molecular weight excluding hydrogens is 262 g/mol. The van der Waals surface area contributed by atoms with E-state index in [0.29, 0.717) is 0 Å². The number of amides is 3. The zero-order chi connectivity index (χ0) is 15.3. The summed E-state index contributed by atoms with van der Waals surface area (Å²) in [5.74, 6) is -1.35. The minimum atomic E-state index is -1.07. The fourth-order valence-electron chi connectivity index (χ4n) is 1.32. The summed E-state index contributed by atoms with van der Waals surface area (Å²) < 4.78 is 4.93. The number of nitrogens with one attached hydrogen (secondary N) is 3. The third-order valence-corrected chi connectivity index (χ3v) is 2.20. The molecule has 0 aromatic carbocycles. The second-order valence-electron chi connectivity index (χ2n) is 5.32. The van der Waals surface area contributed by atoms with Crippen molar-refractivity contribution in [3.05, 3.63) is 24.0 Å². The number of imide groups is 1. The molecule has 0 aliphatic heterocycles. The number of H-pyrrole nitrogens is 1. The molecule has 0 bridgehead atoms. The summed E-state index contributed by atoms with van der Waals surface area (Å²) in [5.41, 5.74) is -0.224. The molecule has 3 N–H and O–H groups in total. The number of aromatic amines is 1. The van der Waals surface area contributed by atoms with Crippen molar-refractivity contribution in [2.24, 2.45) is 0 Å². The molecule has 0 unspecified atom stereocenters. The Morgan fingerprint density at radius 2 is 1.95 bits per heavy atom. The van der Waals surface area contributed by atoms with Crippen LogP contribution in [0.15, 0.2) is 18.3 Å². The first-order valence-corrected chi connectivity index (χ1v) is 6.16. The minimum absolute atomic E-state index is 0.240. The molecule has 1 heterocycles. The van der Waals surface area contributed by atoms with Gasteiger partial charge in [-0.15, -0.1) is 0 Å². The largest absolute Gasteiger partial charge is 0.448 e. The molecule has 0 aliphatic carbocycles. The van der Waals surface area contributed by atoms with Crippen LogP contribution in [0, 0.1) is 0 Å². The van der Waals surface area contributed by atoms with Crippen LogP contribution in [0.5, 0.6) is 0 Å². The highest BCUT2D eigenvalue weighted by Gasteiger charge is 2.22. The van der Waals surface area contributed by atoms with Crippen LogP contribution in [0.1, 0.15) is 38.2 Å². The average molecular weight is 281 g/mol. The third kappa shape index (κ3) is 5.13. The van der Waals surface area contributed by atoms with Crippen LogP contribution in [0.3, 0.4) is 0 Å². The van der Waals surface area contributed by atoms with E-state index in [9.17, 15) is 14.4 Å². The van der Waals surface area contributed by atoms with E-state index in [0.717, 1.165) is 0 Å². The van der Waals surface area contributed by atoms with Gasteiger partial charge < -0.3 is 15.0 Å². The molecule has 1 aromatic heterocycles. The van der Waals surface area contributed by atoms with Gasteiger partial charge in [-0.25, -0.2) is 9.59 Å². The summed E-state index contributed by atoms with van der Waals surface area (Å²) in [6.07, 6.45) is 0.495. The van der Waals surface area contributed by atoms with Crippen molar-refractivity contribution in [3.63, 3.8) is 0 Å². The predicted octanol–water partition coefficient (Wildman–Crippen LogP) is 1.18. The van der Waals surface area contributed by atoms with E-state index in [-0.39, 0.29) is 5.69 Å². The number of hydrogen-bond donors (Lipinski definition) is 3. The maximum absolute atomic E-state index is 11.7. The van der Waals surface area contributed by atoms with Crippen molar-refractivity contribution in [2.45, 2.75) is 39.3 Å². The topological polar surface area (TPSA) is 100 Å². The van der Waals surface area contributed by atoms with Crippen molar-refractivity contribution in [2.75, 3.05) is 0 Å². The molecule has 0 spiro atoms. The molecule has 0 fully saturated rings. The smallest absolute Gasteiger partial charge is 0.355 e. The molecule has 0 aliphatic rings. The number of carbonyl (C=O) groups is 3. The van der Waals surface area contributed by atoms with Gasteiger partial charge in [0.1, 0.15) is 5.69 Å². The molecular formula is C13H19N3O4. The van der Waals surface area contributed by atoms with Crippen LogP contribution < -0.4 is 10.6 Å². The van der Waals surface area contributed by atoms with Crippen LogP contribution in [0.4, 0.5) is 4.79 Å². The molecule has 1 atom stereocenters. The zero-order valence-corrected chi connectivity index (χ0v) is 11.9. The molecule has 110 valence electrons. The number of ether oxygens (including phenoxy) is 1. The summed E-state index contributed by atoms with van der Waals surface area (Å²) in [5, 5.41) is 4.68. The first-order valence-electron chi connectivity index (χ1n) is 6.16. The number of carbonyl (C=O) groups excluding carboxylic acids is 3. The van der Waals surface area contributed by atoms with E-state index in [4.69, 9.17) is 4.74 Å². The number of aromatic nitrogens is 1. The van der Waals surface area contributed by atoms with Gasteiger partial charge in [-0.2, -0.15) is 0 Å². The lowest BCUT2D eigenvalue weighted by atomic mass is 10.1. The summed E-state index contributed by atoms with van der Waals surface area (Å²) in [6, 6.07) is 2.53. The Balaban J connectivity index is 2.47. The molecule has 20 heavy (non-hydrogen) atoms. The van der Waals surface area contributed by atoms with Crippen molar-refractivity contribution in [3.8, 4) is 0 Å². The van der Waals surface area contributed by atoms with Gasteiger partial charge in [-0.3, -0.25) is 10.1 Å². The SMILES string of the molecule is C[C@@H](OC(=O)c1ccc[nH]1)C(=O)NC(=O)NC(C)(C)C. The molecule has 1 aromatic rings. The number of urea groups is 1. The van der Waals surface area contributed by atoms with Crippen LogP contribution in [0.2, 0.25) is 0 Å². The van der Waals surface area contributed by atoms with E-state index >= 15 is 0 Å². The quantitative estimate of drug-likeness (QED) is 0.724. The second-order valence-corrected chi connectivity index (χ2v) is 5.32. The van der Waals surface area contributed by atoms with Crippen molar-refractivity contribution >= 4 is 17.9 Å². The van der Waals surface area contributed by atoms with E-state index in [1.807, 2.05) is 0 Å². The molecule has 0 saturated heterocycles. The Bertz CT molecular complexity index is 488. The lowest BCUT2D eigenvalue weighted by Crippen LogP contribution is -2.50. The number of rotatable bonds is 3. The normalized spacial score (nSPS) is 12.4. The van der Waals surface area contributed by atoms with E-state index < -0.39 is 29.6 Å². The van der Waals surface area contributed by atoms with Crippen LogP contribution in [0.25, 0.3) is 0 Å². The summed E-state index contributed by atoms with van der Waals surface area (Å²) in [7, 11) is 0. The van der Waals surface area contributed by atoms with Crippen LogP contribution >= 0.6 is 0 Å². The van der Waals surface area contributed by atoms with E-state index in [1.54, 1.807) is 33.0 Å². The van der Waals surface area contributed by atoms with Gasteiger partial charge in [0.15, 0.2) is 6.10 Å². The highest BCUT2D eigenvalue weighted by molar-refractivity contribution is 5.98. The highest BCUT2D eigenvalue weighted by atomic mass is 16.5. The highest BCUT2D eigenvalue weighted by Crippen LogP contribution is 2.02. The van der Waals surface area contributed by atoms with Crippen LogP contribution in [-0.4, -0.2) is 34.5 Å². The summed E-state index contributed by atoms with van der Waals surface area (Å²) in [6.45, 7) is 6.74. The van der Waals surface area contributed by atoms with E-state index in [2.05, 4.69) is 15.6 Å². The van der Waals surface area contributed by atoms with Gasteiger partial charge >= 0.3 is 12.0 Å².